The predicted octanol–water partition coefficient (Wildman–Crippen LogP) is 3.79. The van der Waals surface area contributed by atoms with Gasteiger partial charge >= 0.3 is 0 Å². The van der Waals surface area contributed by atoms with Crippen molar-refractivity contribution in [2.45, 2.75) is 5.54 Å². The third-order valence-electron chi connectivity index (χ3n) is 4.80. The van der Waals surface area contributed by atoms with Gasteiger partial charge < -0.3 is 20.3 Å². The van der Waals surface area contributed by atoms with E-state index in [2.05, 4.69) is 4.99 Å². The first-order chi connectivity index (χ1) is 14.5. The number of halogens is 1. The molecule has 0 radical (unpaired) electrons. The standard InChI is InChI=1S/C22H19FN2O2.CH2O2/c1-26-20-10-8-17(9-11-20)22(14-27-21(24)25-22)18-6-2-4-15(12-18)16-5-3-7-19(23)13-16;2-1-3/h2-13H,14H2,1H3,(H2,24,25);1H,(H,2,3). The van der Waals surface area contributed by atoms with E-state index in [-0.39, 0.29) is 18.3 Å². The van der Waals surface area contributed by atoms with Crippen molar-refractivity contribution in [2.24, 2.45) is 10.7 Å². The van der Waals surface area contributed by atoms with E-state index >= 15 is 0 Å². The number of benzene rings is 3. The Morgan fingerprint density at radius 2 is 1.70 bits per heavy atom. The number of ether oxygens (including phenoxy) is 2. The van der Waals surface area contributed by atoms with Crippen molar-refractivity contribution >= 4 is 12.5 Å². The van der Waals surface area contributed by atoms with Gasteiger partial charge in [-0.2, -0.15) is 0 Å². The first kappa shape index (κ1) is 20.9. The van der Waals surface area contributed by atoms with Crippen molar-refractivity contribution in [3.05, 3.63) is 89.7 Å². The van der Waals surface area contributed by atoms with Gasteiger partial charge in [0.1, 0.15) is 18.2 Å². The molecule has 3 aromatic rings. The second-order valence-corrected chi connectivity index (χ2v) is 6.52. The van der Waals surface area contributed by atoms with Crippen molar-refractivity contribution in [3.63, 3.8) is 0 Å². The maximum Gasteiger partial charge on any atom is 0.290 e. The fourth-order valence-electron chi connectivity index (χ4n) is 3.38. The molecular weight excluding hydrogens is 387 g/mol. The second-order valence-electron chi connectivity index (χ2n) is 6.52. The van der Waals surface area contributed by atoms with Gasteiger partial charge in [-0.25, -0.2) is 9.38 Å². The molecule has 0 saturated heterocycles. The fourth-order valence-corrected chi connectivity index (χ4v) is 3.38. The molecule has 1 heterocycles. The van der Waals surface area contributed by atoms with Crippen LogP contribution in [0, 0.1) is 5.82 Å². The molecule has 0 aromatic heterocycles. The Morgan fingerprint density at radius 1 is 1.07 bits per heavy atom. The minimum absolute atomic E-state index is 0.155. The molecule has 0 saturated carbocycles. The molecule has 0 amide bonds. The van der Waals surface area contributed by atoms with Crippen LogP contribution in [0.4, 0.5) is 4.39 Å². The molecular formula is C23H21FN2O4. The van der Waals surface area contributed by atoms with Crippen LogP contribution in [0.3, 0.4) is 0 Å². The molecule has 1 aliphatic rings. The van der Waals surface area contributed by atoms with Gasteiger partial charge in [-0.1, -0.05) is 42.5 Å². The van der Waals surface area contributed by atoms with E-state index in [4.69, 9.17) is 25.1 Å². The topological polar surface area (TPSA) is 94.1 Å². The number of nitrogens with two attached hydrogens (primary N) is 1. The third-order valence-corrected chi connectivity index (χ3v) is 4.80. The Hall–Kier alpha value is -3.87. The highest BCUT2D eigenvalue weighted by Crippen LogP contribution is 2.39. The lowest BCUT2D eigenvalue weighted by atomic mass is 9.83. The van der Waals surface area contributed by atoms with Gasteiger partial charge in [-0.15, -0.1) is 0 Å². The van der Waals surface area contributed by atoms with Crippen molar-refractivity contribution < 1.29 is 23.8 Å². The Bertz CT molecular complexity index is 1050. The normalized spacial score (nSPS) is 17.2. The van der Waals surface area contributed by atoms with Crippen molar-refractivity contribution in [2.75, 3.05) is 13.7 Å². The van der Waals surface area contributed by atoms with Crippen LogP contribution in [0.2, 0.25) is 0 Å². The quantitative estimate of drug-likeness (QED) is 0.641. The Balaban J connectivity index is 0.000000806. The van der Waals surface area contributed by atoms with Crippen LogP contribution in [0.1, 0.15) is 11.1 Å². The minimum atomic E-state index is -0.750. The summed E-state index contributed by atoms with van der Waals surface area (Å²) in [6, 6.07) is 22.2. The van der Waals surface area contributed by atoms with E-state index in [1.807, 2.05) is 54.6 Å². The minimum Gasteiger partial charge on any atom is -0.497 e. The van der Waals surface area contributed by atoms with E-state index in [1.54, 1.807) is 13.2 Å². The molecule has 1 aliphatic heterocycles. The molecule has 0 spiro atoms. The monoisotopic (exact) mass is 408 g/mol. The first-order valence-electron chi connectivity index (χ1n) is 9.09. The van der Waals surface area contributed by atoms with Gasteiger partial charge in [-0.05, 0) is 52.6 Å². The van der Waals surface area contributed by atoms with Gasteiger partial charge in [0, 0.05) is 0 Å². The summed E-state index contributed by atoms with van der Waals surface area (Å²) in [5, 5.41) is 6.89. The SMILES string of the molecule is COc1ccc(C2(c3cccc(-c4cccc(F)c4)c3)COC(N)=N2)cc1.O=CO. The highest BCUT2D eigenvalue weighted by molar-refractivity contribution is 5.76. The zero-order valence-electron chi connectivity index (χ0n) is 16.3. The van der Waals surface area contributed by atoms with E-state index < -0.39 is 5.54 Å². The number of carbonyl (C=O) groups is 1. The molecule has 0 bridgehead atoms. The summed E-state index contributed by atoms with van der Waals surface area (Å²) in [4.78, 5) is 13.0. The van der Waals surface area contributed by atoms with Crippen LogP contribution in [-0.2, 0) is 15.1 Å². The summed E-state index contributed by atoms with van der Waals surface area (Å²) in [6.45, 7) is 0.0533. The zero-order valence-corrected chi connectivity index (χ0v) is 16.3. The smallest absolute Gasteiger partial charge is 0.290 e. The third kappa shape index (κ3) is 4.25. The van der Waals surface area contributed by atoms with Gasteiger partial charge in [0.2, 0.25) is 0 Å². The molecule has 154 valence electrons. The molecule has 1 unspecified atom stereocenters. The lowest BCUT2D eigenvalue weighted by Crippen LogP contribution is -2.27. The van der Waals surface area contributed by atoms with Crippen LogP contribution >= 0.6 is 0 Å². The maximum absolute atomic E-state index is 13.6. The summed E-state index contributed by atoms with van der Waals surface area (Å²) >= 11 is 0. The van der Waals surface area contributed by atoms with Gasteiger partial charge in [0.25, 0.3) is 12.5 Å². The van der Waals surface area contributed by atoms with E-state index in [1.165, 1.54) is 12.1 Å². The summed E-state index contributed by atoms with van der Waals surface area (Å²) < 4.78 is 24.4. The lowest BCUT2D eigenvalue weighted by Gasteiger charge is -2.26. The van der Waals surface area contributed by atoms with Crippen molar-refractivity contribution in [3.8, 4) is 16.9 Å². The Kier molecular flexibility index (Phi) is 6.32. The van der Waals surface area contributed by atoms with E-state index in [9.17, 15) is 4.39 Å². The molecule has 1 atom stereocenters. The highest BCUT2D eigenvalue weighted by Gasteiger charge is 2.40. The summed E-state index contributed by atoms with van der Waals surface area (Å²) in [5.41, 5.74) is 8.69. The predicted molar refractivity (Wildman–Crippen MR) is 112 cm³/mol. The molecule has 0 fully saturated rings. The number of hydrogen-bond acceptors (Lipinski definition) is 5. The number of rotatable bonds is 4. The first-order valence-corrected chi connectivity index (χ1v) is 9.09. The fraction of sp³-hybridized carbons (Fsp3) is 0.130. The summed E-state index contributed by atoms with van der Waals surface area (Å²) in [5.74, 6) is 0.493. The molecule has 6 nitrogen and oxygen atoms in total. The average molecular weight is 408 g/mol. The van der Waals surface area contributed by atoms with Gasteiger partial charge in [-0.3, -0.25) is 4.79 Å². The summed E-state index contributed by atoms with van der Waals surface area (Å²) in [6.07, 6.45) is 0. The number of hydrogen-bond donors (Lipinski definition) is 2. The maximum atomic E-state index is 13.6. The largest absolute Gasteiger partial charge is 0.497 e. The van der Waals surface area contributed by atoms with Gasteiger partial charge in [0.15, 0.2) is 5.54 Å². The Labute approximate surface area is 173 Å². The number of carboxylic acid groups (broad SMARTS) is 1. The highest BCUT2D eigenvalue weighted by atomic mass is 19.1. The van der Waals surface area contributed by atoms with Crippen LogP contribution < -0.4 is 10.5 Å². The molecule has 30 heavy (non-hydrogen) atoms. The number of amidine groups is 1. The second kappa shape index (κ2) is 9.09. The Morgan fingerprint density at radius 3 is 2.27 bits per heavy atom. The molecule has 0 aliphatic carbocycles. The number of nitrogens with zero attached hydrogens (tertiary/aromatic N) is 1. The van der Waals surface area contributed by atoms with Crippen LogP contribution in [0.15, 0.2) is 77.8 Å². The van der Waals surface area contributed by atoms with Crippen molar-refractivity contribution in [1.82, 2.24) is 0 Å². The van der Waals surface area contributed by atoms with Crippen LogP contribution in [-0.4, -0.2) is 31.3 Å². The summed E-state index contributed by atoms with van der Waals surface area (Å²) in [7, 11) is 1.63. The zero-order chi connectivity index (χ0) is 21.6. The van der Waals surface area contributed by atoms with Gasteiger partial charge in [0.05, 0.1) is 7.11 Å². The molecule has 3 N–H and O–H groups in total. The number of methoxy groups -OCH3 is 1. The van der Waals surface area contributed by atoms with Crippen molar-refractivity contribution in [1.29, 1.82) is 0 Å². The van der Waals surface area contributed by atoms with Crippen LogP contribution in [0.25, 0.3) is 11.1 Å². The molecule has 4 rings (SSSR count). The average Bonchev–Trinajstić information content (AvgIpc) is 3.17. The van der Waals surface area contributed by atoms with Crippen LogP contribution in [0.5, 0.6) is 5.75 Å². The number of aliphatic imine (C=N–C) groups is 1. The van der Waals surface area contributed by atoms with E-state index in [0.29, 0.717) is 6.61 Å². The van der Waals surface area contributed by atoms with E-state index in [0.717, 1.165) is 28.0 Å². The lowest BCUT2D eigenvalue weighted by molar-refractivity contribution is -0.122. The molecule has 7 heteroatoms. The molecule has 3 aromatic carbocycles.